The Labute approximate surface area is 203 Å². The molecule has 2 aromatic rings. The molecule has 1 heterocycles. The normalized spacial score (nSPS) is 15.4. The molecule has 3 rings (SSSR count). The topological polar surface area (TPSA) is 87.7 Å². The number of hydrogen-bond donors (Lipinski definition) is 2. The molecule has 1 fully saturated rings. The van der Waals surface area contributed by atoms with E-state index in [0.29, 0.717) is 31.0 Å². The molecule has 33 heavy (non-hydrogen) atoms. The van der Waals surface area contributed by atoms with E-state index in [9.17, 15) is 14.4 Å². The summed E-state index contributed by atoms with van der Waals surface area (Å²) < 4.78 is 6.54. The molecule has 0 aromatic heterocycles. The molecule has 0 bridgehead atoms. The molecule has 3 amide bonds. The van der Waals surface area contributed by atoms with Gasteiger partial charge in [-0.15, -0.1) is 0 Å². The summed E-state index contributed by atoms with van der Waals surface area (Å²) in [6.07, 6.45) is 4.40. The average molecular weight is 516 g/mol. The van der Waals surface area contributed by atoms with Gasteiger partial charge in [0.05, 0.1) is 18.1 Å². The molecule has 1 aliphatic rings. The number of amides is 3. The molecule has 0 aliphatic carbocycles. The molecule has 1 atom stereocenters. The van der Waals surface area contributed by atoms with Crippen LogP contribution in [0.5, 0.6) is 5.75 Å². The second-order valence-corrected chi connectivity index (χ2v) is 9.07. The molecular weight excluding hydrogens is 486 g/mol. The maximum absolute atomic E-state index is 12.7. The summed E-state index contributed by atoms with van der Waals surface area (Å²) in [5.41, 5.74) is 6.27. The van der Waals surface area contributed by atoms with Crippen molar-refractivity contribution in [3.8, 4) is 5.75 Å². The highest BCUT2D eigenvalue weighted by atomic mass is 79.9. The third-order valence-corrected chi connectivity index (χ3v) is 6.04. The molecule has 2 aromatic carbocycles. The Morgan fingerprint density at radius 2 is 1.88 bits per heavy atom. The van der Waals surface area contributed by atoms with Crippen LogP contribution in [0, 0.1) is 5.92 Å². The highest BCUT2D eigenvalue weighted by Gasteiger charge is 2.34. The highest BCUT2D eigenvalue weighted by molar-refractivity contribution is 9.10. The van der Waals surface area contributed by atoms with Crippen molar-refractivity contribution in [2.24, 2.45) is 5.92 Å². The number of nitrogens with one attached hydrogen (secondary N) is 2. The third kappa shape index (κ3) is 7.32. The zero-order valence-electron chi connectivity index (χ0n) is 18.8. The summed E-state index contributed by atoms with van der Waals surface area (Å²) in [4.78, 5) is 39.3. The van der Waals surface area contributed by atoms with Crippen molar-refractivity contribution < 1.29 is 19.1 Å². The number of carbonyl (C=O) groups is 3. The van der Waals surface area contributed by atoms with E-state index in [0.717, 1.165) is 35.7 Å². The van der Waals surface area contributed by atoms with Crippen LogP contribution in [-0.4, -0.2) is 35.8 Å². The fourth-order valence-corrected chi connectivity index (χ4v) is 4.07. The van der Waals surface area contributed by atoms with Crippen LogP contribution in [0.3, 0.4) is 0 Å². The molecule has 2 N–H and O–H groups in total. The summed E-state index contributed by atoms with van der Waals surface area (Å²) >= 11 is 3.38. The summed E-state index contributed by atoms with van der Waals surface area (Å²) in [6, 6.07) is 14.8. The van der Waals surface area contributed by atoms with Gasteiger partial charge in [0.25, 0.3) is 5.91 Å². The minimum atomic E-state index is -0.515. The van der Waals surface area contributed by atoms with Gasteiger partial charge in [-0.1, -0.05) is 72.4 Å². The van der Waals surface area contributed by atoms with Crippen LogP contribution < -0.4 is 15.6 Å². The van der Waals surface area contributed by atoms with Gasteiger partial charge in [-0.2, -0.15) is 0 Å². The number of hydrogen-bond acceptors (Lipinski definition) is 4. The lowest BCUT2D eigenvalue weighted by atomic mass is 10.1. The molecule has 0 saturated carbocycles. The van der Waals surface area contributed by atoms with Crippen LogP contribution in [0.4, 0.5) is 0 Å². The SMILES string of the molecule is CCCCCCOc1ccc(Br)cc1C(=O)NNC(=O)C1CC(=O)N(Cc2ccccc2)C1. The Morgan fingerprint density at radius 1 is 1.09 bits per heavy atom. The number of benzene rings is 2. The van der Waals surface area contributed by atoms with Gasteiger partial charge in [-0.25, -0.2) is 0 Å². The molecule has 1 saturated heterocycles. The number of halogens is 1. The van der Waals surface area contributed by atoms with Gasteiger partial charge in [0, 0.05) is 24.0 Å². The van der Waals surface area contributed by atoms with E-state index >= 15 is 0 Å². The number of ether oxygens (including phenoxy) is 1. The van der Waals surface area contributed by atoms with Crippen LogP contribution in [0.15, 0.2) is 53.0 Å². The first-order chi connectivity index (χ1) is 16.0. The predicted molar refractivity (Wildman–Crippen MR) is 129 cm³/mol. The number of hydrazine groups is 1. The molecule has 7 nitrogen and oxygen atoms in total. The van der Waals surface area contributed by atoms with Gasteiger partial charge in [-0.3, -0.25) is 25.2 Å². The lowest BCUT2D eigenvalue weighted by molar-refractivity contribution is -0.129. The smallest absolute Gasteiger partial charge is 0.273 e. The van der Waals surface area contributed by atoms with Gasteiger partial charge in [0.2, 0.25) is 11.8 Å². The molecule has 1 aliphatic heterocycles. The van der Waals surface area contributed by atoms with E-state index in [2.05, 4.69) is 33.7 Å². The minimum Gasteiger partial charge on any atom is -0.493 e. The van der Waals surface area contributed by atoms with Gasteiger partial charge >= 0.3 is 0 Å². The van der Waals surface area contributed by atoms with Crippen molar-refractivity contribution >= 4 is 33.7 Å². The first-order valence-electron chi connectivity index (χ1n) is 11.3. The fraction of sp³-hybridized carbons (Fsp3) is 0.400. The largest absolute Gasteiger partial charge is 0.493 e. The Bertz CT molecular complexity index is 967. The molecule has 8 heteroatoms. The molecular formula is C25H30BrN3O4. The van der Waals surface area contributed by atoms with Crippen LogP contribution in [0.25, 0.3) is 0 Å². The van der Waals surface area contributed by atoms with Gasteiger partial charge in [-0.05, 0) is 30.2 Å². The summed E-state index contributed by atoms with van der Waals surface area (Å²) in [5.74, 6) is -0.983. The van der Waals surface area contributed by atoms with Gasteiger partial charge in [0.1, 0.15) is 5.75 Å². The van der Waals surface area contributed by atoms with Gasteiger partial charge in [0.15, 0.2) is 0 Å². The van der Waals surface area contributed by atoms with E-state index in [4.69, 9.17) is 4.74 Å². The Morgan fingerprint density at radius 3 is 2.64 bits per heavy atom. The Balaban J connectivity index is 1.52. The molecule has 1 unspecified atom stereocenters. The first-order valence-corrected chi connectivity index (χ1v) is 12.1. The number of unbranched alkanes of at least 4 members (excludes halogenated alkanes) is 3. The summed E-state index contributed by atoms with van der Waals surface area (Å²) in [6.45, 7) is 3.45. The number of carbonyl (C=O) groups excluding carboxylic acids is 3. The molecule has 176 valence electrons. The van der Waals surface area contributed by atoms with Gasteiger partial charge < -0.3 is 9.64 Å². The summed E-state index contributed by atoms with van der Waals surface area (Å²) in [5, 5.41) is 0. The van der Waals surface area contributed by atoms with E-state index in [1.54, 1.807) is 17.0 Å². The number of likely N-dealkylation sites (tertiary alicyclic amines) is 1. The minimum absolute atomic E-state index is 0.0731. The Kier molecular flexibility index (Phi) is 9.30. The van der Waals surface area contributed by atoms with E-state index in [1.807, 2.05) is 36.4 Å². The van der Waals surface area contributed by atoms with E-state index < -0.39 is 11.8 Å². The number of rotatable bonds is 10. The van der Waals surface area contributed by atoms with Crippen molar-refractivity contribution in [1.29, 1.82) is 0 Å². The monoisotopic (exact) mass is 515 g/mol. The first kappa shape index (κ1) is 24.8. The number of nitrogens with zero attached hydrogens (tertiary/aromatic N) is 1. The van der Waals surface area contributed by atoms with Crippen LogP contribution >= 0.6 is 15.9 Å². The Hall–Kier alpha value is -2.87. The van der Waals surface area contributed by atoms with E-state index in [1.165, 1.54) is 0 Å². The second-order valence-electron chi connectivity index (χ2n) is 8.15. The van der Waals surface area contributed by atoms with Crippen LogP contribution in [0.2, 0.25) is 0 Å². The second kappa shape index (κ2) is 12.4. The lowest BCUT2D eigenvalue weighted by Crippen LogP contribution is -2.45. The standard InChI is InChI=1S/C25H30BrN3O4/c1-2-3-4-8-13-33-22-12-11-20(26)15-21(22)25(32)28-27-24(31)19-14-23(30)29(17-19)16-18-9-6-5-7-10-18/h5-7,9-12,15,19H,2-4,8,13-14,16-17H2,1H3,(H,27,31)(H,28,32). The zero-order valence-corrected chi connectivity index (χ0v) is 20.4. The predicted octanol–water partition coefficient (Wildman–Crippen LogP) is 4.22. The van der Waals surface area contributed by atoms with Crippen molar-refractivity contribution in [2.75, 3.05) is 13.2 Å². The fourth-order valence-electron chi connectivity index (χ4n) is 3.71. The maximum Gasteiger partial charge on any atom is 0.273 e. The molecule has 0 radical (unpaired) electrons. The third-order valence-electron chi connectivity index (χ3n) is 5.54. The average Bonchev–Trinajstić information content (AvgIpc) is 3.18. The highest BCUT2D eigenvalue weighted by Crippen LogP contribution is 2.24. The van der Waals surface area contributed by atoms with Crippen LogP contribution in [-0.2, 0) is 16.1 Å². The van der Waals surface area contributed by atoms with Crippen molar-refractivity contribution in [2.45, 2.75) is 45.6 Å². The lowest BCUT2D eigenvalue weighted by Gasteiger charge is -2.17. The molecule has 0 spiro atoms. The summed E-state index contributed by atoms with van der Waals surface area (Å²) in [7, 11) is 0. The van der Waals surface area contributed by atoms with Crippen molar-refractivity contribution in [3.63, 3.8) is 0 Å². The van der Waals surface area contributed by atoms with Crippen LogP contribution in [0.1, 0.15) is 54.9 Å². The van der Waals surface area contributed by atoms with Crippen molar-refractivity contribution in [1.82, 2.24) is 15.8 Å². The zero-order chi connectivity index (χ0) is 23.6. The quantitative estimate of drug-likeness (QED) is 0.366. The maximum atomic E-state index is 12.7. The van der Waals surface area contributed by atoms with Crippen molar-refractivity contribution in [3.05, 3.63) is 64.1 Å². The van der Waals surface area contributed by atoms with E-state index in [-0.39, 0.29) is 18.2 Å².